The molecule has 0 radical (unpaired) electrons. The van der Waals surface area contributed by atoms with Crippen LogP contribution >= 0.6 is 0 Å². The first-order valence-corrected chi connectivity index (χ1v) is 6.41. The minimum absolute atomic E-state index is 0.0348. The normalized spacial score (nSPS) is 24.4. The van der Waals surface area contributed by atoms with E-state index in [9.17, 15) is 4.79 Å². The Morgan fingerprint density at radius 3 is 2.82 bits per heavy atom. The Balaban J connectivity index is 2.01. The first-order valence-electron chi connectivity index (χ1n) is 6.41. The highest BCUT2D eigenvalue weighted by atomic mass is 16.1. The van der Waals surface area contributed by atoms with E-state index in [-0.39, 0.29) is 5.91 Å². The van der Waals surface area contributed by atoms with Crippen molar-refractivity contribution in [3.63, 3.8) is 0 Å². The van der Waals surface area contributed by atoms with Crippen LogP contribution in [-0.4, -0.2) is 16.9 Å². The zero-order valence-electron chi connectivity index (χ0n) is 10.6. The van der Waals surface area contributed by atoms with Crippen molar-refractivity contribution in [3.05, 3.63) is 29.6 Å². The third kappa shape index (κ3) is 3.05. The zero-order valence-corrected chi connectivity index (χ0v) is 10.6. The molecule has 1 aromatic rings. The summed E-state index contributed by atoms with van der Waals surface area (Å²) in [4.78, 5) is 16.3. The average molecular weight is 232 g/mol. The lowest BCUT2D eigenvalue weighted by molar-refractivity contribution is 0.0905. The van der Waals surface area contributed by atoms with E-state index >= 15 is 0 Å². The Kier molecular flexibility index (Phi) is 3.77. The van der Waals surface area contributed by atoms with Gasteiger partial charge in [-0.25, -0.2) is 4.98 Å². The van der Waals surface area contributed by atoms with E-state index in [0.29, 0.717) is 17.7 Å². The number of amides is 1. The maximum Gasteiger partial charge on any atom is 0.270 e. The summed E-state index contributed by atoms with van der Waals surface area (Å²) in [6, 6.07) is 5.87. The molecule has 0 spiro atoms. The van der Waals surface area contributed by atoms with E-state index in [1.54, 1.807) is 6.07 Å². The fourth-order valence-corrected chi connectivity index (χ4v) is 2.44. The van der Waals surface area contributed by atoms with Gasteiger partial charge in [-0.1, -0.05) is 25.8 Å². The Labute approximate surface area is 103 Å². The summed E-state index contributed by atoms with van der Waals surface area (Å²) in [5, 5.41) is 3.11. The molecule has 17 heavy (non-hydrogen) atoms. The minimum atomic E-state index is -0.0348. The summed E-state index contributed by atoms with van der Waals surface area (Å²) in [6.45, 7) is 4.12. The van der Waals surface area contributed by atoms with Crippen LogP contribution in [0.1, 0.15) is 48.8 Å². The van der Waals surface area contributed by atoms with Gasteiger partial charge in [-0.2, -0.15) is 0 Å². The lowest BCUT2D eigenvalue weighted by Gasteiger charge is -2.29. The molecular formula is C14H20N2O. The number of nitrogens with one attached hydrogen (secondary N) is 1. The third-order valence-electron chi connectivity index (χ3n) is 3.55. The highest BCUT2D eigenvalue weighted by Crippen LogP contribution is 2.23. The summed E-state index contributed by atoms with van der Waals surface area (Å²) in [5.41, 5.74) is 1.41. The Hall–Kier alpha value is -1.38. The molecule has 1 heterocycles. The van der Waals surface area contributed by atoms with Crippen LogP contribution in [0.15, 0.2) is 18.2 Å². The summed E-state index contributed by atoms with van der Waals surface area (Å²) >= 11 is 0. The van der Waals surface area contributed by atoms with Gasteiger partial charge in [0.15, 0.2) is 0 Å². The van der Waals surface area contributed by atoms with Gasteiger partial charge in [0.1, 0.15) is 5.69 Å². The van der Waals surface area contributed by atoms with Crippen molar-refractivity contribution in [1.29, 1.82) is 0 Å². The van der Waals surface area contributed by atoms with Gasteiger partial charge < -0.3 is 5.32 Å². The molecule has 0 unspecified atom stereocenters. The molecule has 0 saturated heterocycles. The van der Waals surface area contributed by atoms with Crippen LogP contribution in [0.2, 0.25) is 0 Å². The monoisotopic (exact) mass is 232 g/mol. The number of hydrogen-bond acceptors (Lipinski definition) is 2. The number of hydrogen-bond donors (Lipinski definition) is 1. The predicted molar refractivity (Wildman–Crippen MR) is 67.9 cm³/mol. The van der Waals surface area contributed by atoms with Crippen molar-refractivity contribution in [2.75, 3.05) is 0 Å². The number of aromatic nitrogens is 1. The van der Waals surface area contributed by atoms with Gasteiger partial charge in [-0.3, -0.25) is 4.79 Å². The second kappa shape index (κ2) is 5.30. The molecule has 1 fully saturated rings. The number of pyridine rings is 1. The highest BCUT2D eigenvalue weighted by molar-refractivity contribution is 5.92. The lowest BCUT2D eigenvalue weighted by Crippen LogP contribution is -2.41. The molecule has 3 nitrogen and oxygen atoms in total. The SMILES string of the molecule is Cc1cccc(C(=O)N[C@@H]2CCCC[C@H]2C)n1. The number of carbonyl (C=O) groups is 1. The van der Waals surface area contributed by atoms with Crippen LogP contribution in [-0.2, 0) is 0 Å². The number of nitrogens with zero attached hydrogens (tertiary/aromatic N) is 1. The fraction of sp³-hybridized carbons (Fsp3) is 0.571. The zero-order chi connectivity index (χ0) is 12.3. The fourth-order valence-electron chi connectivity index (χ4n) is 2.44. The molecule has 1 aliphatic rings. The van der Waals surface area contributed by atoms with Crippen molar-refractivity contribution in [2.45, 2.75) is 45.6 Å². The van der Waals surface area contributed by atoms with E-state index in [2.05, 4.69) is 17.2 Å². The lowest BCUT2D eigenvalue weighted by atomic mass is 9.86. The van der Waals surface area contributed by atoms with Gasteiger partial charge in [0.25, 0.3) is 5.91 Å². The molecule has 2 rings (SSSR count). The minimum Gasteiger partial charge on any atom is -0.348 e. The Bertz CT molecular complexity index is 403. The molecule has 1 N–H and O–H groups in total. The average Bonchev–Trinajstić information content (AvgIpc) is 2.32. The van der Waals surface area contributed by atoms with Crippen LogP contribution in [0.5, 0.6) is 0 Å². The van der Waals surface area contributed by atoms with Crippen LogP contribution < -0.4 is 5.32 Å². The quantitative estimate of drug-likeness (QED) is 0.851. The van der Waals surface area contributed by atoms with Gasteiger partial charge in [0, 0.05) is 11.7 Å². The van der Waals surface area contributed by atoms with Crippen molar-refractivity contribution in [3.8, 4) is 0 Å². The highest BCUT2D eigenvalue weighted by Gasteiger charge is 2.23. The van der Waals surface area contributed by atoms with Gasteiger partial charge in [-0.05, 0) is 37.8 Å². The molecule has 1 aromatic heterocycles. The van der Waals surface area contributed by atoms with E-state index in [0.717, 1.165) is 12.1 Å². The molecule has 1 aliphatic carbocycles. The topological polar surface area (TPSA) is 42.0 Å². The summed E-state index contributed by atoms with van der Waals surface area (Å²) in [7, 11) is 0. The van der Waals surface area contributed by atoms with E-state index in [4.69, 9.17) is 0 Å². The van der Waals surface area contributed by atoms with Crippen LogP contribution in [0, 0.1) is 12.8 Å². The number of aryl methyl sites for hydroxylation is 1. The van der Waals surface area contributed by atoms with Crippen LogP contribution in [0.25, 0.3) is 0 Å². The van der Waals surface area contributed by atoms with E-state index in [1.165, 1.54) is 19.3 Å². The summed E-state index contributed by atoms with van der Waals surface area (Å²) < 4.78 is 0. The molecule has 0 aliphatic heterocycles. The van der Waals surface area contributed by atoms with Crippen LogP contribution in [0.4, 0.5) is 0 Å². The van der Waals surface area contributed by atoms with Crippen molar-refractivity contribution in [1.82, 2.24) is 10.3 Å². The van der Waals surface area contributed by atoms with Crippen molar-refractivity contribution < 1.29 is 4.79 Å². The Morgan fingerprint density at radius 1 is 1.35 bits per heavy atom. The third-order valence-corrected chi connectivity index (χ3v) is 3.55. The van der Waals surface area contributed by atoms with Crippen molar-refractivity contribution in [2.24, 2.45) is 5.92 Å². The van der Waals surface area contributed by atoms with Gasteiger partial charge >= 0.3 is 0 Å². The standard InChI is InChI=1S/C14H20N2O/c1-10-6-3-4-8-12(10)16-14(17)13-9-5-7-11(2)15-13/h5,7,9-10,12H,3-4,6,8H2,1-2H3,(H,16,17)/t10-,12-/m1/s1. The van der Waals surface area contributed by atoms with Gasteiger partial charge in [-0.15, -0.1) is 0 Å². The molecule has 3 heteroatoms. The molecule has 92 valence electrons. The van der Waals surface area contributed by atoms with Crippen LogP contribution in [0.3, 0.4) is 0 Å². The largest absolute Gasteiger partial charge is 0.348 e. The number of carbonyl (C=O) groups excluding carboxylic acids is 1. The van der Waals surface area contributed by atoms with Crippen molar-refractivity contribution >= 4 is 5.91 Å². The number of rotatable bonds is 2. The molecule has 0 aromatic carbocycles. The van der Waals surface area contributed by atoms with Gasteiger partial charge in [0.2, 0.25) is 0 Å². The smallest absolute Gasteiger partial charge is 0.270 e. The maximum atomic E-state index is 12.0. The second-order valence-electron chi connectivity index (χ2n) is 5.01. The second-order valence-corrected chi connectivity index (χ2v) is 5.01. The van der Waals surface area contributed by atoms with E-state index in [1.807, 2.05) is 19.1 Å². The molecule has 1 amide bonds. The first-order chi connectivity index (χ1) is 8.16. The summed E-state index contributed by atoms with van der Waals surface area (Å²) in [6.07, 6.45) is 4.82. The summed E-state index contributed by atoms with van der Waals surface area (Å²) in [5.74, 6) is 0.546. The Morgan fingerprint density at radius 2 is 2.12 bits per heavy atom. The molecule has 2 atom stereocenters. The van der Waals surface area contributed by atoms with Gasteiger partial charge in [0.05, 0.1) is 0 Å². The first kappa shape index (κ1) is 12.1. The molecule has 0 bridgehead atoms. The molecular weight excluding hydrogens is 212 g/mol. The van der Waals surface area contributed by atoms with E-state index < -0.39 is 0 Å². The maximum absolute atomic E-state index is 12.0. The predicted octanol–water partition coefficient (Wildman–Crippen LogP) is 2.70. The molecule has 1 saturated carbocycles.